The smallest absolute Gasteiger partial charge is 0.272 e. The molecule has 0 radical (unpaired) electrons. The maximum absolute atomic E-state index is 13.6. The molecule has 10 nitrogen and oxygen atoms in total. The second kappa shape index (κ2) is 16.1. The van der Waals surface area contributed by atoms with Crippen molar-refractivity contribution in [2.45, 2.75) is 43.9 Å². The third-order valence-electron chi connectivity index (χ3n) is 7.66. The third-order valence-corrected chi connectivity index (χ3v) is 9.88. The Morgan fingerprint density at radius 2 is 1.80 bits per heavy atom. The zero-order valence-corrected chi connectivity index (χ0v) is 28.9. The highest BCUT2D eigenvalue weighted by atomic mass is 32.2. The number of ether oxygens (including phenoxy) is 1. The van der Waals surface area contributed by atoms with E-state index in [2.05, 4.69) is 22.0 Å². The number of amides is 4. The Bertz CT molecular complexity index is 1930. The second-order valence-corrected chi connectivity index (χ2v) is 13.6. The van der Waals surface area contributed by atoms with Crippen molar-refractivity contribution in [2.75, 3.05) is 23.8 Å². The van der Waals surface area contributed by atoms with E-state index in [0.717, 1.165) is 15.3 Å². The van der Waals surface area contributed by atoms with Crippen LogP contribution in [0.4, 0.5) is 10.7 Å². The number of hydrogen-bond acceptors (Lipinski definition) is 8. The quantitative estimate of drug-likeness (QED) is 0.121. The van der Waals surface area contributed by atoms with Crippen molar-refractivity contribution in [3.63, 3.8) is 0 Å². The molecule has 1 aliphatic heterocycles. The number of nitriles is 1. The van der Waals surface area contributed by atoms with Gasteiger partial charge in [0.05, 0.1) is 24.0 Å². The molecule has 4 amide bonds. The van der Waals surface area contributed by atoms with Crippen molar-refractivity contribution >= 4 is 63.5 Å². The van der Waals surface area contributed by atoms with E-state index in [1.807, 2.05) is 13.0 Å². The molecule has 1 aromatic heterocycles. The van der Waals surface area contributed by atoms with Crippen molar-refractivity contribution in [3.05, 3.63) is 112 Å². The Labute approximate surface area is 293 Å². The summed E-state index contributed by atoms with van der Waals surface area (Å²) in [5.74, 6) is -0.567. The van der Waals surface area contributed by atoms with Gasteiger partial charge in [-0.25, -0.2) is 0 Å². The number of fused-ring (bicyclic) bond motifs is 1. The second-order valence-electron chi connectivity index (χ2n) is 11.1. The molecule has 0 bridgehead atoms. The van der Waals surface area contributed by atoms with E-state index in [4.69, 9.17) is 4.74 Å². The molecule has 3 aromatic carbocycles. The summed E-state index contributed by atoms with van der Waals surface area (Å²) in [5.41, 5.74) is 2.95. The predicted octanol–water partition coefficient (Wildman–Crippen LogP) is 6.45. The molecule has 2 heterocycles. The van der Waals surface area contributed by atoms with E-state index < -0.39 is 17.1 Å². The summed E-state index contributed by atoms with van der Waals surface area (Å²) in [6, 6.07) is 25.1. The Balaban J connectivity index is 1.28. The van der Waals surface area contributed by atoms with E-state index in [0.29, 0.717) is 59.2 Å². The van der Waals surface area contributed by atoms with E-state index in [-0.39, 0.29) is 17.5 Å². The van der Waals surface area contributed by atoms with Gasteiger partial charge in [0.1, 0.15) is 22.5 Å². The van der Waals surface area contributed by atoms with Crippen LogP contribution in [-0.4, -0.2) is 46.9 Å². The number of carbonyl (C=O) groups excluding carboxylic acids is 4. The average molecular weight is 694 g/mol. The van der Waals surface area contributed by atoms with Crippen molar-refractivity contribution in [1.29, 1.82) is 5.26 Å². The fourth-order valence-electron chi connectivity index (χ4n) is 5.13. The lowest BCUT2D eigenvalue weighted by molar-refractivity contribution is -0.129. The molecule has 12 heteroatoms. The van der Waals surface area contributed by atoms with Crippen LogP contribution in [0.3, 0.4) is 0 Å². The van der Waals surface area contributed by atoms with Crippen LogP contribution in [0.1, 0.15) is 52.7 Å². The minimum atomic E-state index is -0.536. The highest BCUT2D eigenvalue weighted by molar-refractivity contribution is 8.00. The summed E-state index contributed by atoms with van der Waals surface area (Å²) in [6.45, 7) is 6.67. The molecule has 49 heavy (non-hydrogen) atoms. The molecule has 5 rings (SSSR count). The number of nitrogens with zero attached hydrogens (tertiary/aromatic N) is 2. The van der Waals surface area contributed by atoms with Crippen LogP contribution in [0.25, 0.3) is 6.08 Å². The summed E-state index contributed by atoms with van der Waals surface area (Å²) in [5, 5.41) is 18.3. The molecule has 1 aliphatic rings. The number of nitrogens with one attached hydrogen (secondary N) is 3. The Morgan fingerprint density at radius 1 is 1.04 bits per heavy atom. The predicted molar refractivity (Wildman–Crippen MR) is 192 cm³/mol. The fourth-order valence-corrected chi connectivity index (χ4v) is 7.27. The average Bonchev–Trinajstić information content (AvgIpc) is 3.45. The number of thiophene rings is 1. The van der Waals surface area contributed by atoms with Gasteiger partial charge in [0.15, 0.2) is 0 Å². The van der Waals surface area contributed by atoms with Crippen molar-refractivity contribution in [1.82, 2.24) is 10.2 Å². The molecule has 0 aliphatic carbocycles. The van der Waals surface area contributed by atoms with Crippen LogP contribution in [0.2, 0.25) is 0 Å². The molecule has 0 saturated heterocycles. The first kappa shape index (κ1) is 34.9. The standard InChI is InChI=1S/C37H35N5O5S2/c1-4-47-28-15-13-25(14-16-28)19-32(40-35(45)26-9-6-5-7-10-26)36(46)39-27-11-8-12-29(20-27)48-23(2)34(44)41-37-31(21-38)30-17-18-42(24(3)43)22-33(30)49-37/h5-16,19-20,23H,4,17-18,22H2,1-3H3,(H,39,46)(H,40,45)(H,41,44)/b32-19+. The van der Waals surface area contributed by atoms with Crippen LogP contribution in [-0.2, 0) is 27.3 Å². The maximum Gasteiger partial charge on any atom is 0.272 e. The highest BCUT2D eigenvalue weighted by Crippen LogP contribution is 2.37. The SMILES string of the molecule is CCOc1ccc(/C=C(/NC(=O)c2ccccc2)C(=O)Nc2cccc(SC(C)C(=O)Nc3sc4c(c3C#N)CCN(C(C)=O)C4)c2)cc1. The van der Waals surface area contributed by atoms with Crippen LogP contribution in [0.15, 0.2) is 89.5 Å². The number of anilines is 2. The van der Waals surface area contributed by atoms with Crippen molar-refractivity contribution in [3.8, 4) is 11.8 Å². The van der Waals surface area contributed by atoms with Crippen molar-refractivity contribution < 1.29 is 23.9 Å². The fraction of sp³-hybridized carbons (Fsp3) is 0.216. The Kier molecular flexibility index (Phi) is 11.5. The number of carbonyl (C=O) groups is 4. The Hall–Kier alpha value is -5.38. The van der Waals surface area contributed by atoms with E-state index in [1.54, 1.807) is 90.7 Å². The summed E-state index contributed by atoms with van der Waals surface area (Å²) in [7, 11) is 0. The lowest BCUT2D eigenvalue weighted by Crippen LogP contribution is -2.33. The zero-order valence-electron chi connectivity index (χ0n) is 27.2. The normalized spacial score (nSPS) is 13.0. The molecule has 0 spiro atoms. The van der Waals surface area contributed by atoms with Gasteiger partial charge in [0.25, 0.3) is 11.8 Å². The minimum absolute atomic E-state index is 0.0246. The zero-order chi connectivity index (χ0) is 34.9. The number of rotatable bonds is 11. The molecule has 1 atom stereocenters. The molecule has 0 fully saturated rings. The van der Waals surface area contributed by atoms with Crippen LogP contribution >= 0.6 is 23.1 Å². The molecule has 1 unspecified atom stereocenters. The van der Waals surface area contributed by atoms with Gasteiger partial charge in [-0.3, -0.25) is 19.2 Å². The Morgan fingerprint density at radius 3 is 2.49 bits per heavy atom. The van der Waals surface area contributed by atoms with Gasteiger partial charge in [-0.1, -0.05) is 36.4 Å². The first-order valence-electron chi connectivity index (χ1n) is 15.6. The minimum Gasteiger partial charge on any atom is -0.494 e. The first-order chi connectivity index (χ1) is 23.6. The van der Waals surface area contributed by atoms with Gasteiger partial charge in [0, 0.05) is 34.5 Å². The van der Waals surface area contributed by atoms with Gasteiger partial charge in [-0.2, -0.15) is 5.26 Å². The van der Waals surface area contributed by atoms with Crippen LogP contribution < -0.4 is 20.7 Å². The molecule has 0 saturated carbocycles. The van der Waals surface area contributed by atoms with E-state index in [1.165, 1.54) is 30.0 Å². The van der Waals surface area contributed by atoms with Crippen molar-refractivity contribution in [2.24, 2.45) is 0 Å². The van der Waals surface area contributed by atoms with Crippen LogP contribution in [0, 0.1) is 11.3 Å². The summed E-state index contributed by atoms with van der Waals surface area (Å²) in [4.78, 5) is 55.1. The lowest BCUT2D eigenvalue weighted by Gasteiger charge is -2.25. The summed E-state index contributed by atoms with van der Waals surface area (Å²) in [6.07, 6.45) is 2.16. The molecule has 4 aromatic rings. The maximum atomic E-state index is 13.6. The van der Waals surface area contributed by atoms with Gasteiger partial charge in [-0.15, -0.1) is 23.1 Å². The highest BCUT2D eigenvalue weighted by Gasteiger charge is 2.27. The topological polar surface area (TPSA) is 141 Å². The van der Waals surface area contributed by atoms with Gasteiger partial charge in [-0.05, 0) is 79.9 Å². The number of thioether (sulfide) groups is 1. The van der Waals surface area contributed by atoms with Gasteiger partial charge >= 0.3 is 0 Å². The summed E-state index contributed by atoms with van der Waals surface area (Å²) >= 11 is 2.63. The molecule has 250 valence electrons. The first-order valence-corrected chi connectivity index (χ1v) is 17.3. The van der Waals surface area contributed by atoms with E-state index in [9.17, 15) is 24.4 Å². The largest absolute Gasteiger partial charge is 0.494 e. The molecule has 3 N–H and O–H groups in total. The monoisotopic (exact) mass is 693 g/mol. The number of benzene rings is 3. The van der Waals surface area contributed by atoms with Gasteiger partial charge in [0.2, 0.25) is 11.8 Å². The molecular formula is C37H35N5O5S2. The third kappa shape index (κ3) is 8.95. The lowest BCUT2D eigenvalue weighted by atomic mass is 10.0. The van der Waals surface area contributed by atoms with Crippen LogP contribution in [0.5, 0.6) is 5.75 Å². The number of hydrogen-bond donors (Lipinski definition) is 3. The molecular weight excluding hydrogens is 659 g/mol. The summed E-state index contributed by atoms with van der Waals surface area (Å²) < 4.78 is 5.52. The van der Waals surface area contributed by atoms with E-state index >= 15 is 0 Å². The van der Waals surface area contributed by atoms with Gasteiger partial charge < -0.3 is 25.6 Å².